The van der Waals surface area contributed by atoms with Gasteiger partial charge in [0.15, 0.2) is 5.78 Å². The first-order valence-electron chi connectivity index (χ1n) is 8.96. The molecular weight excluding hydrogens is 412 g/mol. The maximum atomic E-state index is 13.6. The van der Waals surface area contributed by atoms with Crippen LogP contribution in [0.5, 0.6) is 0 Å². The molecule has 2 aromatic rings. The molecule has 1 aliphatic rings. The molecule has 0 bridgehead atoms. The highest BCUT2D eigenvalue weighted by Gasteiger charge is 2.32. The molecule has 0 heterocycles. The minimum absolute atomic E-state index is 0.192. The molecule has 0 aliphatic heterocycles. The second-order valence-corrected chi connectivity index (χ2v) is 7.10. The fourth-order valence-electron chi connectivity index (χ4n) is 2.84. The van der Waals surface area contributed by atoms with Gasteiger partial charge in [-0.2, -0.15) is 13.2 Å². The normalized spacial score (nSPS) is 13.9. The number of carbonyl (C=O) groups excluding carboxylic acids is 1. The lowest BCUT2D eigenvalue weighted by Crippen LogP contribution is -2.15. The number of rotatable bonds is 4. The molecule has 1 fully saturated rings. The summed E-state index contributed by atoms with van der Waals surface area (Å²) in [4.78, 5) is 22.1. The summed E-state index contributed by atoms with van der Waals surface area (Å²) in [5, 5.41) is 8.04. The van der Waals surface area contributed by atoms with Crippen LogP contribution in [0.4, 0.5) is 17.6 Å². The van der Waals surface area contributed by atoms with Gasteiger partial charge in [0.1, 0.15) is 5.82 Å². The van der Waals surface area contributed by atoms with Crippen molar-refractivity contribution in [1.29, 1.82) is 0 Å². The average Bonchev–Trinajstić information content (AvgIpc) is 2.60. The van der Waals surface area contributed by atoms with E-state index in [0.29, 0.717) is 17.2 Å². The topological polar surface area (TPSA) is 54.4 Å². The first kappa shape index (κ1) is 22.9. The largest absolute Gasteiger partial charge is 0.481 e. The minimum Gasteiger partial charge on any atom is -0.481 e. The highest BCUT2D eigenvalue weighted by molar-refractivity contribution is 6.31. The van der Waals surface area contributed by atoms with E-state index in [2.05, 4.69) is 0 Å². The molecule has 0 saturated heterocycles. The van der Waals surface area contributed by atoms with Gasteiger partial charge in [0, 0.05) is 22.6 Å². The van der Waals surface area contributed by atoms with Gasteiger partial charge in [-0.15, -0.1) is 0 Å². The summed E-state index contributed by atoms with van der Waals surface area (Å²) >= 11 is 5.94. The van der Waals surface area contributed by atoms with Crippen LogP contribution >= 0.6 is 11.6 Å². The Morgan fingerprint density at radius 3 is 2.24 bits per heavy atom. The molecule has 0 amide bonds. The Kier molecular flexibility index (Phi) is 7.41. The monoisotopic (exact) mass is 430 g/mol. The van der Waals surface area contributed by atoms with Crippen LogP contribution < -0.4 is 0 Å². The van der Waals surface area contributed by atoms with Gasteiger partial charge in [-0.1, -0.05) is 31.0 Å². The number of carboxylic acid groups (broad SMARTS) is 1. The molecule has 0 unspecified atom stereocenters. The minimum atomic E-state index is -4.72. The van der Waals surface area contributed by atoms with Crippen molar-refractivity contribution in [3.8, 4) is 0 Å². The molecule has 3 rings (SSSR count). The van der Waals surface area contributed by atoms with E-state index in [1.165, 1.54) is 6.07 Å². The van der Waals surface area contributed by atoms with Crippen molar-refractivity contribution in [2.24, 2.45) is 0 Å². The number of halogens is 5. The van der Waals surface area contributed by atoms with Crippen LogP contribution in [0.15, 0.2) is 36.4 Å². The summed E-state index contributed by atoms with van der Waals surface area (Å²) in [5.74, 6) is -2.30. The predicted octanol–water partition coefficient (Wildman–Crippen LogP) is 6.48. The molecule has 3 nitrogen and oxygen atoms in total. The molecule has 0 radical (unpaired) electrons. The second kappa shape index (κ2) is 9.39. The zero-order valence-electron chi connectivity index (χ0n) is 15.5. The van der Waals surface area contributed by atoms with Crippen molar-refractivity contribution in [3.05, 3.63) is 69.5 Å². The van der Waals surface area contributed by atoms with Crippen LogP contribution in [-0.2, 0) is 11.0 Å². The van der Waals surface area contributed by atoms with E-state index in [0.717, 1.165) is 30.9 Å². The summed E-state index contributed by atoms with van der Waals surface area (Å²) in [7, 11) is 0. The third-order valence-electron chi connectivity index (χ3n) is 4.59. The summed E-state index contributed by atoms with van der Waals surface area (Å²) < 4.78 is 52.1. The summed E-state index contributed by atoms with van der Waals surface area (Å²) in [6, 6.07) is 6.69. The molecule has 0 aromatic heterocycles. The van der Waals surface area contributed by atoms with Gasteiger partial charge in [-0.25, -0.2) is 4.39 Å². The highest BCUT2D eigenvalue weighted by atomic mass is 35.5. The fraction of sp³-hybridized carbons (Fsp3) is 0.333. The molecule has 0 atom stereocenters. The number of carbonyl (C=O) groups is 2. The van der Waals surface area contributed by atoms with Crippen LogP contribution in [0.2, 0.25) is 5.02 Å². The predicted molar refractivity (Wildman–Crippen MR) is 101 cm³/mol. The smallest absolute Gasteiger partial charge is 0.416 e. The number of hydrogen-bond acceptors (Lipinski definition) is 2. The Labute approximate surface area is 170 Å². The zero-order chi connectivity index (χ0) is 21.8. The first-order valence-corrected chi connectivity index (χ1v) is 9.34. The Balaban J connectivity index is 0.000000537. The molecule has 8 heteroatoms. The third kappa shape index (κ3) is 6.03. The van der Waals surface area contributed by atoms with E-state index in [4.69, 9.17) is 16.7 Å². The lowest BCUT2D eigenvalue weighted by Gasteiger charge is -2.27. The van der Waals surface area contributed by atoms with Crippen LogP contribution in [0.3, 0.4) is 0 Å². The summed E-state index contributed by atoms with van der Waals surface area (Å²) in [6.07, 6.45) is -1.63. The van der Waals surface area contributed by atoms with Gasteiger partial charge in [0.25, 0.3) is 0 Å². The number of alkyl halides is 3. The van der Waals surface area contributed by atoms with E-state index in [1.807, 2.05) is 0 Å². The number of carboxylic acids is 1. The third-order valence-corrected chi connectivity index (χ3v) is 4.83. The molecule has 1 aliphatic carbocycles. The Morgan fingerprint density at radius 2 is 1.76 bits per heavy atom. The SMILES string of the molecule is CCC(=O)O.O=C(c1cc(F)cc(C(F)(F)F)c1)c1cc(Cl)ccc1C1CCC1. The Morgan fingerprint density at radius 1 is 1.14 bits per heavy atom. The number of benzene rings is 2. The molecular formula is C21H19ClF4O3. The molecule has 1 saturated carbocycles. The van der Waals surface area contributed by atoms with Crippen molar-refractivity contribution >= 4 is 23.4 Å². The number of ketones is 1. The lowest BCUT2D eigenvalue weighted by molar-refractivity contribution is -0.138. The maximum absolute atomic E-state index is 13.6. The second-order valence-electron chi connectivity index (χ2n) is 6.66. The molecule has 0 spiro atoms. The van der Waals surface area contributed by atoms with E-state index in [9.17, 15) is 27.2 Å². The molecule has 1 N–H and O–H groups in total. The molecule has 2 aromatic carbocycles. The van der Waals surface area contributed by atoms with Gasteiger partial charge < -0.3 is 5.11 Å². The van der Waals surface area contributed by atoms with Crippen LogP contribution in [0, 0.1) is 5.82 Å². The van der Waals surface area contributed by atoms with Gasteiger partial charge in [0.05, 0.1) is 5.56 Å². The van der Waals surface area contributed by atoms with E-state index in [-0.39, 0.29) is 23.5 Å². The van der Waals surface area contributed by atoms with E-state index < -0.39 is 29.3 Å². The lowest BCUT2D eigenvalue weighted by atomic mass is 9.77. The standard InChI is InChI=1S/C18H13ClF4O.C3H6O2/c19-13-4-5-15(10-2-1-3-10)16(9-13)17(24)11-6-12(18(21,22)23)8-14(20)7-11;1-2-3(4)5/h4-10H,1-3H2;2H2,1H3,(H,4,5). The van der Waals surface area contributed by atoms with Gasteiger partial charge in [-0.3, -0.25) is 9.59 Å². The zero-order valence-corrected chi connectivity index (χ0v) is 16.3. The van der Waals surface area contributed by atoms with E-state index >= 15 is 0 Å². The highest BCUT2D eigenvalue weighted by Crippen LogP contribution is 2.39. The van der Waals surface area contributed by atoms with Gasteiger partial charge in [0.2, 0.25) is 0 Å². The van der Waals surface area contributed by atoms with Gasteiger partial charge in [-0.05, 0) is 54.7 Å². The average molecular weight is 431 g/mol. The Hall–Kier alpha value is -2.41. The van der Waals surface area contributed by atoms with Crippen LogP contribution in [-0.4, -0.2) is 16.9 Å². The number of hydrogen-bond donors (Lipinski definition) is 1. The van der Waals surface area contributed by atoms with Crippen molar-refractivity contribution in [1.82, 2.24) is 0 Å². The van der Waals surface area contributed by atoms with Crippen molar-refractivity contribution < 1.29 is 32.3 Å². The maximum Gasteiger partial charge on any atom is 0.416 e. The first-order chi connectivity index (χ1) is 13.5. The quantitative estimate of drug-likeness (QED) is 0.446. The summed E-state index contributed by atoms with van der Waals surface area (Å²) in [6.45, 7) is 1.60. The van der Waals surface area contributed by atoms with Crippen LogP contribution in [0.1, 0.15) is 65.6 Å². The van der Waals surface area contributed by atoms with Crippen molar-refractivity contribution in [2.75, 3.05) is 0 Å². The fourth-order valence-corrected chi connectivity index (χ4v) is 3.01. The van der Waals surface area contributed by atoms with Crippen molar-refractivity contribution in [2.45, 2.75) is 44.7 Å². The van der Waals surface area contributed by atoms with Crippen molar-refractivity contribution in [3.63, 3.8) is 0 Å². The van der Waals surface area contributed by atoms with Gasteiger partial charge >= 0.3 is 12.1 Å². The Bertz CT molecular complexity index is 905. The van der Waals surface area contributed by atoms with Crippen LogP contribution in [0.25, 0.3) is 0 Å². The molecule has 29 heavy (non-hydrogen) atoms. The summed E-state index contributed by atoms with van der Waals surface area (Å²) in [5.41, 5.74) is -0.511. The van der Waals surface area contributed by atoms with E-state index in [1.54, 1.807) is 19.1 Å². The number of aliphatic carboxylic acids is 1. The molecule has 156 valence electrons.